The van der Waals surface area contributed by atoms with Gasteiger partial charge in [0.05, 0.1) is 11.2 Å². The van der Waals surface area contributed by atoms with Gasteiger partial charge in [-0.1, -0.05) is 11.6 Å². The third kappa shape index (κ3) is 3.07. The van der Waals surface area contributed by atoms with Crippen molar-refractivity contribution in [2.45, 2.75) is 25.3 Å². The summed E-state index contributed by atoms with van der Waals surface area (Å²) in [7, 11) is -2.17. The van der Waals surface area contributed by atoms with Crippen molar-refractivity contribution in [3.8, 4) is 0 Å². The van der Waals surface area contributed by atoms with E-state index in [-0.39, 0.29) is 11.4 Å². The lowest BCUT2D eigenvalue weighted by Crippen LogP contribution is -2.27. The van der Waals surface area contributed by atoms with E-state index in [9.17, 15) is 8.42 Å². The van der Waals surface area contributed by atoms with Crippen LogP contribution in [0.5, 0.6) is 0 Å². The van der Waals surface area contributed by atoms with Crippen molar-refractivity contribution in [1.29, 1.82) is 0 Å². The number of nitrogens with zero attached hydrogens (tertiary/aromatic N) is 1. The molecule has 0 bridgehead atoms. The van der Waals surface area contributed by atoms with E-state index in [1.54, 1.807) is 19.9 Å². The molecular formula is C14H17ClN2O3S. The Morgan fingerprint density at radius 2 is 2.00 bits per heavy atom. The molecule has 2 aromatic rings. The molecule has 2 rings (SSSR count). The van der Waals surface area contributed by atoms with Gasteiger partial charge in [0, 0.05) is 29.9 Å². The fraction of sp³-hybridized carbons (Fsp3) is 0.286. The molecule has 2 N–H and O–H groups in total. The highest BCUT2D eigenvalue weighted by Crippen LogP contribution is 2.28. The van der Waals surface area contributed by atoms with E-state index in [4.69, 9.17) is 21.8 Å². The number of hydrogen-bond donors (Lipinski definition) is 1. The number of sulfonamides is 1. The fourth-order valence-corrected chi connectivity index (χ4v) is 3.73. The van der Waals surface area contributed by atoms with Gasteiger partial charge in [0.25, 0.3) is 0 Å². The summed E-state index contributed by atoms with van der Waals surface area (Å²) in [5.74, 6) is 0.694. The quantitative estimate of drug-likeness (QED) is 0.875. The minimum atomic E-state index is -3.68. The summed E-state index contributed by atoms with van der Waals surface area (Å²) in [4.78, 5) is 0.121. The molecule has 0 fully saturated rings. The molecule has 0 radical (unpaired) electrons. The summed E-state index contributed by atoms with van der Waals surface area (Å²) in [6.07, 6.45) is 1.54. The highest BCUT2D eigenvalue weighted by molar-refractivity contribution is 7.89. The molecule has 5 nitrogen and oxygen atoms in total. The predicted molar refractivity (Wildman–Crippen MR) is 82.7 cm³/mol. The van der Waals surface area contributed by atoms with Crippen molar-refractivity contribution in [3.63, 3.8) is 0 Å². The number of nitrogen functional groups attached to an aromatic ring is 1. The van der Waals surface area contributed by atoms with E-state index in [0.29, 0.717) is 22.0 Å². The van der Waals surface area contributed by atoms with Crippen LogP contribution in [0.3, 0.4) is 0 Å². The first-order valence-electron chi connectivity index (χ1n) is 6.28. The van der Waals surface area contributed by atoms with Crippen LogP contribution in [-0.4, -0.2) is 19.8 Å². The molecule has 0 aliphatic heterocycles. The lowest BCUT2D eigenvalue weighted by molar-refractivity contribution is 0.458. The molecule has 7 heteroatoms. The van der Waals surface area contributed by atoms with Crippen LogP contribution in [0.1, 0.15) is 16.9 Å². The van der Waals surface area contributed by atoms with Gasteiger partial charge in [0.1, 0.15) is 5.76 Å². The number of benzene rings is 1. The lowest BCUT2D eigenvalue weighted by atomic mass is 10.2. The molecule has 0 atom stereocenters. The van der Waals surface area contributed by atoms with Crippen molar-refractivity contribution in [1.82, 2.24) is 4.31 Å². The minimum Gasteiger partial charge on any atom is -0.469 e. The summed E-state index contributed by atoms with van der Waals surface area (Å²) >= 11 is 5.92. The summed E-state index contributed by atoms with van der Waals surface area (Å²) in [6.45, 7) is 3.67. The summed E-state index contributed by atoms with van der Waals surface area (Å²) in [6, 6.07) is 4.71. The summed E-state index contributed by atoms with van der Waals surface area (Å²) in [5, 5.41) is 0.296. The highest BCUT2D eigenvalue weighted by atomic mass is 35.5. The van der Waals surface area contributed by atoms with Crippen molar-refractivity contribution in [3.05, 3.63) is 46.4 Å². The van der Waals surface area contributed by atoms with Gasteiger partial charge in [-0.05, 0) is 37.6 Å². The molecule has 114 valence electrons. The van der Waals surface area contributed by atoms with Crippen molar-refractivity contribution in [2.24, 2.45) is 0 Å². The second-order valence-corrected chi connectivity index (χ2v) is 7.33. The Bertz CT molecular complexity index is 769. The molecule has 0 unspecified atom stereocenters. The van der Waals surface area contributed by atoms with Crippen LogP contribution < -0.4 is 5.73 Å². The maximum atomic E-state index is 12.7. The van der Waals surface area contributed by atoms with Gasteiger partial charge in [0.15, 0.2) is 0 Å². The maximum Gasteiger partial charge on any atom is 0.243 e. The SMILES string of the molecule is Cc1occc1CN(C)S(=O)(=O)c1cc(Cl)cc(N)c1C. The molecule has 0 spiro atoms. The van der Waals surface area contributed by atoms with Crippen LogP contribution >= 0.6 is 11.6 Å². The molecule has 0 aliphatic rings. The second-order valence-electron chi connectivity index (χ2n) is 4.88. The molecule has 0 amide bonds. The predicted octanol–water partition coefficient (Wildman–Crippen LogP) is 2.95. The Labute approximate surface area is 129 Å². The standard InChI is InChI=1S/C14H17ClN2O3S/c1-9-13(16)6-12(15)7-14(9)21(18,19)17(3)8-11-4-5-20-10(11)2/h4-7H,8,16H2,1-3H3. The first kappa shape index (κ1) is 15.9. The number of rotatable bonds is 4. The Morgan fingerprint density at radius 1 is 1.33 bits per heavy atom. The van der Waals surface area contributed by atoms with Crippen LogP contribution in [-0.2, 0) is 16.6 Å². The zero-order valence-corrected chi connectivity index (χ0v) is 13.6. The van der Waals surface area contributed by atoms with E-state index in [1.807, 2.05) is 0 Å². The Morgan fingerprint density at radius 3 is 2.57 bits per heavy atom. The van der Waals surface area contributed by atoms with E-state index in [0.717, 1.165) is 5.56 Å². The van der Waals surface area contributed by atoms with Crippen molar-refractivity contribution < 1.29 is 12.8 Å². The van der Waals surface area contributed by atoms with Gasteiger partial charge in [0.2, 0.25) is 10.0 Å². The third-order valence-corrected chi connectivity index (χ3v) is 5.56. The number of aryl methyl sites for hydroxylation is 1. The lowest BCUT2D eigenvalue weighted by Gasteiger charge is -2.19. The van der Waals surface area contributed by atoms with Gasteiger partial charge < -0.3 is 10.2 Å². The Hall–Kier alpha value is -1.50. The van der Waals surface area contributed by atoms with Gasteiger partial charge in [-0.2, -0.15) is 4.31 Å². The number of hydrogen-bond acceptors (Lipinski definition) is 4. The van der Waals surface area contributed by atoms with E-state index >= 15 is 0 Å². The molecular weight excluding hydrogens is 312 g/mol. The van der Waals surface area contributed by atoms with Crippen LogP contribution in [0.15, 0.2) is 33.8 Å². The van der Waals surface area contributed by atoms with Gasteiger partial charge in [-0.25, -0.2) is 8.42 Å². The number of furan rings is 1. The van der Waals surface area contributed by atoms with Crippen LogP contribution in [0.2, 0.25) is 5.02 Å². The van der Waals surface area contributed by atoms with Crippen molar-refractivity contribution in [2.75, 3.05) is 12.8 Å². The van der Waals surface area contributed by atoms with Crippen LogP contribution in [0, 0.1) is 13.8 Å². The smallest absolute Gasteiger partial charge is 0.243 e. The van der Waals surface area contributed by atoms with Gasteiger partial charge in [-0.3, -0.25) is 0 Å². The zero-order valence-electron chi connectivity index (χ0n) is 12.1. The van der Waals surface area contributed by atoms with Crippen LogP contribution in [0.25, 0.3) is 0 Å². The summed E-state index contributed by atoms with van der Waals surface area (Å²) in [5.41, 5.74) is 7.46. The summed E-state index contributed by atoms with van der Waals surface area (Å²) < 4.78 is 31.8. The highest BCUT2D eigenvalue weighted by Gasteiger charge is 2.25. The zero-order chi connectivity index (χ0) is 15.8. The molecule has 1 aromatic heterocycles. The molecule has 1 aromatic carbocycles. The first-order valence-corrected chi connectivity index (χ1v) is 8.10. The monoisotopic (exact) mass is 328 g/mol. The normalized spacial score (nSPS) is 12.0. The first-order chi connectivity index (χ1) is 9.73. The second kappa shape index (κ2) is 5.71. The Kier molecular flexibility index (Phi) is 4.32. The number of halogens is 1. The average Bonchev–Trinajstić information content (AvgIpc) is 2.79. The molecule has 0 saturated carbocycles. The van der Waals surface area contributed by atoms with Crippen LogP contribution in [0.4, 0.5) is 5.69 Å². The maximum absolute atomic E-state index is 12.7. The molecule has 21 heavy (non-hydrogen) atoms. The topological polar surface area (TPSA) is 76.5 Å². The fourth-order valence-electron chi connectivity index (χ4n) is 2.01. The molecule has 0 aliphatic carbocycles. The molecule has 0 saturated heterocycles. The van der Waals surface area contributed by atoms with Gasteiger partial charge in [-0.15, -0.1) is 0 Å². The number of anilines is 1. The largest absolute Gasteiger partial charge is 0.469 e. The average molecular weight is 329 g/mol. The minimum absolute atomic E-state index is 0.121. The van der Waals surface area contributed by atoms with E-state index < -0.39 is 10.0 Å². The third-order valence-electron chi connectivity index (χ3n) is 3.41. The Balaban J connectivity index is 2.40. The van der Waals surface area contributed by atoms with Gasteiger partial charge >= 0.3 is 0 Å². The van der Waals surface area contributed by atoms with E-state index in [1.165, 1.54) is 29.7 Å². The number of nitrogens with two attached hydrogens (primary N) is 1. The van der Waals surface area contributed by atoms with Crippen molar-refractivity contribution >= 4 is 27.3 Å². The van der Waals surface area contributed by atoms with E-state index in [2.05, 4.69) is 0 Å². The molecule has 1 heterocycles.